The molecular formula is C24H42N4O2. The zero-order chi connectivity index (χ0) is 23.3. The Hall–Kier alpha value is -2.24. The molecule has 3 amide bonds. The Morgan fingerprint density at radius 1 is 1.07 bits per heavy atom. The van der Waals surface area contributed by atoms with Gasteiger partial charge in [-0.3, -0.25) is 4.79 Å². The topological polar surface area (TPSA) is 64.7 Å². The molecule has 0 radical (unpaired) electrons. The van der Waals surface area contributed by atoms with Crippen molar-refractivity contribution in [3.8, 4) is 0 Å². The molecule has 1 atom stereocenters. The predicted octanol–water partition coefficient (Wildman–Crippen LogP) is 5.24. The fourth-order valence-electron chi connectivity index (χ4n) is 3.14. The number of urea groups is 1. The van der Waals surface area contributed by atoms with Crippen LogP contribution in [0.25, 0.3) is 0 Å². The maximum absolute atomic E-state index is 13.0. The number of amides is 3. The summed E-state index contributed by atoms with van der Waals surface area (Å²) >= 11 is 0. The number of nitrogens with zero attached hydrogens (tertiary/aromatic N) is 2. The first-order valence-corrected chi connectivity index (χ1v) is 10.8. The summed E-state index contributed by atoms with van der Waals surface area (Å²) in [5, 5.41) is 6.09. The van der Waals surface area contributed by atoms with Crippen LogP contribution in [0.15, 0.2) is 18.2 Å². The summed E-state index contributed by atoms with van der Waals surface area (Å²) in [6.45, 7) is 16.7. The van der Waals surface area contributed by atoms with Crippen molar-refractivity contribution in [3.63, 3.8) is 0 Å². The summed E-state index contributed by atoms with van der Waals surface area (Å²) in [6, 6.07) is 5.90. The molecule has 2 N–H and O–H groups in total. The molecule has 0 spiro atoms. The van der Waals surface area contributed by atoms with E-state index in [-0.39, 0.29) is 28.9 Å². The molecule has 170 valence electrons. The largest absolute Gasteiger partial charge is 0.377 e. The van der Waals surface area contributed by atoms with Crippen molar-refractivity contribution < 1.29 is 9.59 Å². The Bertz CT molecular complexity index is 730. The monoisotopic (exact) mass is 418 g/mol. The molecule has 0 aliphatic heterocycles. The first kappa shape index (κ1) is 25.8. The third-order valence-corrected chi connectivity index (χ3v) is 4.74. The summed E-state index contributed by atoms with van der Waals surface area (Å²) in [7, 11) is 3.97. The molecule has 0 aliphatic rings. The first-order valence-electron chi connectivity index (χ1n) is 10.8. The second-order valence-electron chi connectivity index (χ2n) is 10.6. The molecule has 0 heterocycles. The van der Waals surface area contributed by atoms with Gasteiger partial charge in [0.05, 0.1) is 0 Å². The van der Waals surface area contributed by atoms with E-state index in [1.165, 1.54) is 0 Å². The SMILES string of the molecule is CC[C@H](C)N(Cc1cc(NC(=O)CC(C)(C)C)ccc1N(C)C)C(=O)NC(C)(C)C. The number of hydrogen-bond donors (Lipinski definition) is 2. The van der Waals surface area contributed by atoms with Gasteiger partial charge < -0.3 is 20.4 Å². The minimum absolute atomic E-state index is 0.00434. The third kappa shape index (κ3) is 8.64. The molecule has 6 nitrogen and oxygen atoms in total. The van der Waals surface area contributed by atoms with Gasteiger partial charge in [-0.05, 0) is 63.3 Å². The van der Waals surface area contributed by atoms with Gasteiger partial charge in [0.25, 0.3) is 0 Å². The molecule has 0 saturated heterocycles. The molecule has 0 bridgehead atoms. The zero-order valence-corrected chi connectivity index (χ0v) is 20.6. The minimum atomic E-state index is -0.310. The number of anilines is 2. The molecular weight excluding hydrogens is 376 g/mol. The average molecular weight is 419 g/mol. The van der Waals surface area contributed by atoms with Crippen LogP contribution < -0.4 is 15.5 Å². The van der Waals surface area contributed by atoms with Crippen LogP contribution in [0.3, 0.4) is 0 Å². The lowest BCUT2D eigenvalue weighted by Gasteiger charge is -2.33. The van der Waals surface area contributed by atoms with E-state index in [0.29, 0.717) is 13.0 Å². The lowest BCUT2D eigenvalue weighted by Crippen LogP contribution is -2.51. The van der Waals surface area contributed by atoms with Crippen molar-refractivity contribution in [3.05, 3.63) is 23.8 Å². The van der Waals surface area contributed by atoms with Crippen LogP contribution >= 0.6 is 0 Å². The van der Waals surface area contributed by atoms with E-state index in [2.05, 4.69) is 24.5 Å². The van der Waals surface area contributed by atoms with Crippen LogP contribution in [0.4, 0.5) is 16.2 Å². The molecule has 30 heavy (non-hydrogen) atoms. The van der Waals surface area contributed by atoms with Crippen molar-refractivity contribution in [1.82, 2.24) is 10.2 Å². The van der Waals surface area contributed by atoms with Gasteiger partial charge in [0.15, 0.2) is 0 Å². The Labute approximate surface area is 183 Å². The zero-order valence-electron chi connectivity index (χ0n) is 20.6. The van der Waals surface area contributed by atoms with Gasteiger partial charge in [0, 0.05) is 50.0 Å². The summed E-state index contributed by atoms with van der Waals surface area (Å²) < 4.78 is 0. The standard InChI is InChI=1S/C24H42N4O2/c1-11-17(2)28(22(30)26-24(6,7)8)16-18-14-19(12-13-20(18)27(9)10)25-21(29)15-23(3,4)5/h12-14,17H,11,15-16H2,1-10H3,(H,25,29)(H,26,30)/t17-/m0/s1. The second-order valence-corrected chi connectivity index (χ2v) is 10.6. The van der Waals surface area contributed by atoms with E-state index in [1.54, 1.807) is 0 Å². The summed E-state index contributed by atoms with van der Waals surface area (Å²) in [6.07, 6.45) is 1.31. The normalized spacial score (nSPS) is 12.9. The molecule has 1 aromatic rings. The van der Waals surface area contributed by atoms with Gasteiger partial charge in [-0.15, -0.1) is 0 Å². The van der Waals surface area contributed by atoms with Crippen LogP contribution in [-0.4, -0.2) is 42.5 Å². The van der Waals surface area contributed by atoms with Crippen molar-refractivity contribution in [2.24, 2.45) is 5.41 Å². The molecule has 6 heteroatoms. The molecule has 0 fully saturated rings. The predicted molar refractivity (Wildman–Crippen MR) is 127 cm³/mol. The number of benzene rings is 1. The van der Waals surface area contributed by atoms with E-state index in [9.17, 15) is 9.59 Å². The number of carbonyl (C=O) groups excluding carboxylic acids is 2. The van der Waals surface area contributed by atoms with Crippen LogP contribution in [-0.2, 0) is 11.3 Å². The highest BCUT2D eigenvalue weighted by Crippen LogP contribution is 2.27. The van der Waals surface area contributed by atoms with Gasteiger partial charge in [0.2, 0.25) is 5.91 Å². The molecule has 0 saturated carbocycles. The maximum Gasteiger partial charge on any atom is 0.318 e. The minimum Gasteiger partial charge on any atom is -0.377 e. The Kier molecular flexibility index (Phi) is 8.76. The Morgan fingerprint density at radius 3 is 2.13 bits per heavy atom. The quantitative estimate of drug-likeness (QED) is 0.637. The molecule has 1 rings (SSSR count). The molecule has 0 aliphatic carbocycles. The van der Waals surface area contributed by atoms with E-state index >= 15 is 0 Å². The van der Waals surface area contributed by atoms with Gasteiger partial charge in [-0.1, -0.05) is 27.7 Å². The maximum atomic E-state index is 13.0. The fourth-order valence-corrected chi connectivity index (χ4v) is 3.14. The smallest absolute Gasteiger partial charge is 0.318 e. The second kappa shape index (κ2) is 10.2. The van der Waals surface area contributed by atoms with Crippen LogP contribution in [0.5, 0.6) is 0 Å². The Morgan fingerprint density at radius 2 is 1.67 bits per heavy atom. The number of nitrogens with one attached hydrogen (secondary N) is 2. The van der Waals surface area contributed by atoms with Crippen LogP contribution in [0.1, 0.15) is 73.8 Å². The number of hydrogen-bond acceptors (Lipinski definition) is 3. The fraction of sp³-hybridized carbons (Fsp3) is 0.667. The van der Waals surface area contributed by atoms with E-state index in [4.69, 9.17) is 0 Å². The number of rotatable bonds is 7. The average Bonchev–Trinajstić information content (AvgIpc) is 2.55. The van der Waals surface area contributed by atoms with E-state index < -0.39 is 0 Å². The highest BCUT2D eigenvalue weighted by molar-refractivity contribution is 5.91. The van der Waals surface area contributed by atoms with Gasteiger partial charge in [0.1, 0.15) is 0 Å². The highest BCUT2D eigenvalue weighted by Gasteiger charge is 2.25. The van der Waals surface area contributed by atoms with Gasteiger partial charge in [-0.25, -0.2) is 4.79 Å². The third-order valence-electron chi connectivity index (χ3n) is 4.74. The lowest BCUT2D eigenvalue weighted by atomic mass is 9.92. The summed E-state index contributed by atoms with van der Waals surface area (Å²) in [5.41, 5.74) is 2.40. The Balaban J connectivity index is 3.20. The van der Waals surface area contributed by atoms with Gasteiger partial charge in [-0.2, -0.15) is 0 Å². The molecule has 0 aromatic heterocycles. The van der Waals surface area contributed by atoms with Crippen molar-refractivity contribution in [2.75, 3.05) is 24.3 Å². The summed E-state index contributed by atoms with van der Waals surface area (Å²) in [4.78, 5) is 29.3. The lowest BCUT2D eigenvalue weighted by molar-refractivity contribution is -0.117. The summed E-state index contributed by atoms with van der Waals surface area (Å²) in [5.74, 6) is -0.00434. The van der Waals surface area contributed by atoms with Crippen LogP contribution in [0, 0.1) is 5.41 Å². The van der Waals surface area contributed by atoms with E-state index in [1.807, 2.05) is 83.6 Å². The molecule has 1 aromatic carbocycles. The van der Waals surface area contributed by atoms with Crippen molar-refractivity contribution in [2.45, 2.75) is 86.4 Å². The molecule has 0 unspecified atom stereocenters. The first-order chi connectivity index (χ1) is 13.6. The highest BCUT2D eigenvalue weighted by atomic mass is 16.2. The van der Waals surface area contributed by atoms with Crippen LogP contribution in [0.2, 0.25) is 0 Å². The van der Waals surface area contributed by atoms with Gasteiger partial charge >= 0.3 is 6.03 Å². The van der Waals surface area contributed by atoms with Crippen molar-refractivity contribution in [1.29, 1.82) is 0 Å². The number of carbonyl (C=O) groups is 2. The van der Waals surface area contributed by atoms with E-state index in [0.717, 1.165) is 23.4 Å². The van der Waals surface area contributed by atoms with Crippen molar-refractivity contribution >= 4 is 23.3 Å².